The van der Waals surface area contributed by atoms with Gasteiger partial charge in [0.05, 0.1) is 31.0 Å². The van der Waals surface area contributed by atoms with Gasteiger partial charge in [-0.1, -0.05) is 19.3 Å². The van der Waals surface area contributed by atoms with E-state index in [2.05, 4.69) is 17.1 Å². The van der Waals surface area contributed by atoms with E-state index in [9.17, 15) is 5.11 Å². The SMILES string of the molecule is CCNC(=NCC1(O)CCCCC1)N1CCC(OCC2CCCCO2)CC1. The first-order valence-electron chi connectivity index (χ1n) is 11.2. The molecule has 1 unspecified atom stereocenters. The molecule has 0 spiro atoms. The van der Waals surface area contributed by atoms with Gasteiger partial charge in [0, 0.05) is 26.2 Å². The number of piperidine rings is 1. The van der Waals surface area contributed by atoms with Crippen LogP contribution in [0.4, 0.5) is 0 Å². The number of hydrogen-bond donors (Lipinski definition) is 2. The molecule has 1 atom stereocenters. The predicted molar refractivity (Wildman–Crippen MR) is 108 cm³/mol. The summed E-state index contributed by atoms with van der Waals surface area (Å²) in [7, 11) is 0. The van der Waals surface area contributed by atoms with Crippen molar-refractivity contribution in [1.29, 1.82) is 0 Å². The zero-order valence-electron chi connectivity index (χ0n) is 17.1. The van der Waals surface area contributed by atoms with Crippen molar-refractivity contribution in [3.05, 3.63) is 0 Å². The highest BCUT2D eigenvalue weighted by molar-refractivity contribution is 5.80. The van der Waals surface area contributed by atoms with E-state index in [0.717, 1.165) is 83.8 Å². The van der Waals surface area contributed by atoms with Crippen molar-refractivity contribution in [2.75, 3.05) is 39.4 Å². The summed E-state index contributed by atoms with van der Waals surface area (Å²) in [5, 5.41) is 14.1. The molecule has 1 saturated carbocycles. The average Bonchev–Trinajstić information content (AvgIpc) is 2.71. The molecule has 3 rings (SSSR count). The molecule has 0 radical (unpaired) electrons. The number of aliphatic hydroxyl groups is 1. The summed E-state index contributed by atoms with van der Waals surface area (Å²) in [6.07, 6.45) is 11.5. The maximum atomic E-state index is 10.7. The van der Waals surface area contributed by atoms with Crippen LogP contribution in [-0.4, -0.2) is 73.2 Å². The lowest BCUT2D eigenvalue weighted by Crippen LogP contribution is -2.48. The molecule has 2 saturated heterocycles. The van der Waals surface area contributed by atoms with Crippen LogP contribution in [0, 0.1) is 0 Å². The molecule has 6 nitrogen and oxygen atoms in total. The Morgan fingerprint density at radius 1 is 1.15 bits per heavy atom. The Morgan fingerprint density at radius 3 is 2.59 bits per heavy atom. The first-order chi connectivity index (χ1) is 13.2. The van der Waals surface area contributed by atoms with Crippen molar-refractivity contribution < 1.29 is 14.6 Å². The minimum Gasteiger partial charge on any atom is -0.388 e. The van der Waals surface area contributed by atoms with Gasteiger partial charge in [0.25, 0.3) is 0 Å². The summed E-state index contributed by atoms with van der Waals surface area (Å²) >= 11 is 0. The molecule has 0 aromatic heterocycles. The second-order valence-corrected chi connectivity index (χ2v) is 8.46. The lowest BCUT2D eigenvalue weighted by Gasteiger charge is -2.36. The molecule has 2 N–H and O–H groups in total. The quantitative estimate of drug-likeness (QED) is 0.547. The lowest BCUT2D eigenvalue weighted by molar-refractivity contribution is -0.0721. The van der Waals surface area contributed by atoms with Crippen molar-refractivity contribution in [1.82, 2.24) is 10.2 Å². The molecule has 6 heteroatoms. The number of rotatable bonds is 6. The van der Waals surface area contributed by atoms with Gasteiger partial charge in [0.15, 0.2) is 5.96 Å². The Kier molecular flexibility index (Phi) is 8.22. The first-order valence-corrected chi connectivity index (χ1v) is 11.2. The summed E-state index contributed by atoms with van der Waals surface area (Å²) < 4.78 is 11.9. The van der Waals surface area contributed by atoms with Gasteiger partial charge < -0.3 is 24.8 Å². The van der Waals surface area contributed by atoms with E-state index < -0.39 is 5.60 Å². The van der Waals surface area contributed by atoms with Crippen LogP contribution in [0.1, 0.15) is 71.1 Å². The fourth-order valence-corrected chi connectivity index (χ4v) is 4.43. The van der Waals surface area contributed by atoms with E-state index in [-0.39, 0.29) is 0 Å². The van der Waals surface area contributed by atoms with Gasteiger partial charge in [0.1, 0.15) is 0 Å². The number of nitrogens with zero attached hydrogens (tertiary/aromatic N) is 2. The molecular weight excluding hydrogens is 342 g/mol. The van der Waals surface area contributed by atoms with Crippen LogP contribution >= 0.6 is 0 Å². The maximum Gasteiger partial charge on any atom is 0.194 e. The fraction of sp³-hybridized carbons (Fsp3) is 0.952. The van der Waals surface area contributed by atoms with Crippen molar-refractivity contribution in [2.45, 2.75) is 88.9 Å². The number of guanidine groups is 1. The minimum atomic E-state index is -0.597. The summed E-state index contributed by atoms with van der Waals surface area (Å²) in [5.41, 5.74) is -0.597. The van der Waals surface area contributed by atoms with Gasteiger partial charge in [-0.05, 0) is 51.9 Å². The van der Waals surface area contributed by atoms with E-state index in [1.54, 1.807) is 0 Å². The standard InChI is InChI=1S/C21H39N3O3/c1-2-22-20(23-17-21(25)11-5-3-6-12-21)24-13-9-18(10-14-24)27-16-19-8-4-7-15-26-19/h18-19,25H,2-17H2,1H3,(H,22,23). The Balaban J connectivity index is 1.44. The molecule has 2 aliphatic heterocycles. The maximum absolute atomic E-state index is 10.7. The van der Waals surface area contributed by atoms with E-state index in [4.69, 9.17) is 14.5 Å². The Morgan fingerprint density at radius 2 is 1.93 bits per heavy atom. The molecule has 156 valence electrons. The Bertz CT molecular complexity index is 452. The smallest absolute Gasteiger partial charge is 0.194 e. The van der Waals surface area contributed by atoms with Gasteiger partial charge in [-0.25, -0.2) is 0 Å². The zero-order valence-corrected chi connectivity index (χ0v) is 17.1. The molecule has 0 aromatic rings. The molecule has 2 heterocycles. The number of aliphatic imine (C=N–C) groups is 1. The third-order valence-electron chi connectivity index (χ3n) is 6.18. The highest BCUT2D eigenvalue weighted by atomic mass is 16.5. The summed E-state index contributed by atoms with van der Waals surface area (Å²) in [5.74, 6) is 0.950. The fourth-order valence-electron chi connectivity index (χ4n) is 4.43. The number of nitrogens with one attached hydrogen (secondary N) is 1. The van der Waals surface area contributed by atoms with Gasteiger partial charge in [-0.2, -0.15) is 0 Å². The van der Waals surface area contributed by atoms with Crippen molar-refractivity contribution in [3.8, 4) is 0 Å². The first kappa shape index (κ1) is 20.9. The number of ether oxygens (including phenoxy) is 2. The second-order valence-electron chi connectivity index (χ2n) is 8.46. The monoisotopic (exact) mass is 381 g/mol. The van der Waals surface area contributed by atoms with Crippen LogP contribution in [0.2, 0.25) is 0 Å². The molecule has 1 aliphatic carbocycles. The normalized spacial score (nSPS) is 27.6. The molecule has 0 bridgehead atoms. The Labute approximate surface area is 164 Å². The van der Waals surface area contributed by atoms with Crippen LogP contribution in [0.3, 0.4) is 0 Å². The third kappa shape index (κ3) is 6.61. The highest BCUT2D eigenvalue weighted by Gasteiger charge is 2.30. The van der Waals surface area contributed by atoms with Gasteiger partial charge in [-0.15, -0.1) is 0 Å². The number of likely N-dealkylation sites (tertiary alicyclic amines) is 1. The van der Waals surface area contributed by atoms with Gasteiger partial charge in [0.2, 0.25) is 0 Å². The molecule has 0 aromatic carbocycles. The molecule has 27 heavy (non-hydrogen) atoms. The summed E-state index contributed by atoms with van der Waals surface area (Å²) in [6.45, 7) is 7.02. The Hall–Kier alpha value is -0.850. The average molecular weight is 382 g/mol. The van der Waals surface area contributed by atoms with Crippen LogP contribution in [0.15, 0.2) is 4.99 Å². The van der Waals surface area contributed by atoms with Crippen molar-refractivity contribution in [3.63, 3.8) is 0 Å². The topological polar surface area (TPSA) is 66.3 Å². The van der Waals surface area contributed by atoms with E-state index >= 15 is 0 Å². The number of hydrogen-bond acceptors (Lipinski definition) is 4. The molecule has 3 fully saturated rings. The second kappa shape index (κ2) is 10.6. The van der Waals surface area contributed by atoms with Crippen LogP contribution in [0.25, 0.3) is 0 Å². The lowest BCUT2D eigenvalue weighted by atomic mass is 9.85. The van der Waals surface area contributed by atoms with E-state index in [1.165, 1.54) is 19.3 Å². The van der Waals surface area contributed by atoms with Crippen molar-refractivity contribution >= 4 is 5.96 Å². The predicted octanol–water partition coefficient (Wildman–Crippen LogP) is 2.70. The van der Waals surface area contributed by atoms with Crippen molar-refractivity contribution in [2.24, 2.45) is 4.99 Å². The van der Waals surface area contributed by atoms with Gasteiger partial charge in [-0.3, -0.25) is 4.99 Å². The third-order valence-corrected chi connectivity index (χ3v) is 6.18. The largest absolute Gasteiger partial charge is 0.388 e. The van der Waals surface area contributed by atoms with Crippen LogP contribution in [0.5, 0.6) is 0 Å². The summed E-state index contributed by atoms with van der Waals surface area (Å²) in [4.78, 5) is 7.12. The minimum absolute atomic E-state index is 0.298. The molecule has 0 amide bonds. The van der Waals surface area contributed by atoms with Crippen LogP contribution < -0.4 is 5.32 Å². The van der Waals surface area contributed by atoms with E-state index in [1.807, 2.05) is 0 Å². The molecule has 3 aliphatic rings. The zero-order chi connectivity index (χ0) is 19.0. The molecular formula is C21H39N3O3. The summed E-state index contributed by atoms with van der Waals surface area (Å²) in [6, 6.07) is 0. The van der Waals surface area contributed by atoms with Crippen LogP contribution in [-0.2, 0) is 9.47 Å². The highest BCUT2D eigenvalue weighted by Crippen LogP contribution is 2.28. The van der Waals surface area contributed by atoms with Gasteiger partial charge >= 0.3 is 0 Å². The van der Waals surface area contributed by atoms with E-state index in [0.29, 0.717) is 18.8 Å².